The Morgan fingerprint density at radius 3 is 2.11 bits per heavy atom. The maximum atomic E-state index is 13.5. The number of nitrogens with two attached hydrogens (primary N) is 1. The summed E-state index contributed by atoms with van der Waals surface area (Å²) in [7, 11) is 2.17. The van der Waals surface area contributed by atoms with Gasteiger partial charge in [-0.05, 0) is 16.7 Å². The number of hydrogen-bond acceptors (Lipinski definition) is 8. The minimum atomic E-state index is -1.51. The predicted octanol–water partition coefficient (Wildman–Crippen LogP) is 1.32. The van der Waals surface area contributed by atoms with Crippen molar-refractivity contribution < 1.29 is 38.2 Å². The summed E-state index contributed by atoms with van der Waals surface area (Å²) >= 11 is 0. The summed E-state index contributed by atoms with van der Waals surface area (Å²) in [6.07, 6.45) is -0.561. The van der Waals surface area contributed by atoms with Gasteiger partial charge in [0.25, 0.3) is 0 Å². The number of carbonyl (C=O) groups is 5. The van der Waals surface area contributed by atoms with Crippen molar-refractivity contribution in [1.29, 1.82) is 0 Å². The van der Waals surface area contributed by atoms with Crippen LogP contribution in [0.3, 0.4) is 0 Å². The number of rotatable bonds is 9. The van der Waals surface area contributed by atoms with Crippen LogP contribution in [-0.2, 0) is 53.0 Å². The van der Waals surface area contributed by atoms with Crippen LogP contribution in [0.4, 0.5) is 4.79 Å². The zero-order chi connectivity index (χ0) is 27.8. The molecule has 38 heavy (non-hydrogen) atoms. The Morgan fingerprint density at radius 1 is 0.947 bits per heavy atom. The average Bonchev–Trinajstić information content (AvgIpc) is 2.93. The van der Waals surface area contributed by atoms with Gasteiger partial charge in [0.1, 0.15) is 18.7 Å². The number of carbonyl (C=O) groups excluding carboxylic acids is 5. The molecule has 0 bridgehead atoms. The van der Waals surface area contributed by atoms with Crippen molar-refractivity contribution in [3.8, 4) is 0 Å². The second-order valence-corrected chi connectivity index (χ2v) is 8.93. The van der Waals surface area contributed by atoms with E-state index in [0.717, 1.165) is 30.9 Å². The molecule has 3 N–H and O–H groups in total. The first kappa shape index (κ1) is 28.2. The van der Waals surface area contributed by atoms with Gasteiger partial charge in [0.15, 0.2) is 5.92 Å². The summed E-state index contributed by atoms with van der Waals surface area (Å²) in [5.41, 5.74) is 8.04. The van der Waals surface area contributed by atoms with E-state index in [4.69, 9.17) is 10.5 Å². The van der Waals surface area contributed by atoms with E-state index in [1.807, 2.05) is 42.5 Å². The highest BCUT2D eigenvalue weighted by atomic mass is 16.6. The monoisotopic (exact) mass is 525 g/mol. The van der Waals surface area contributed by atoms with Crippen molar-refractivity contribution in [3.05, 3.63) is 71.3 Å². The number of nitrogens with one attached hydrogen (secondary N) is 1. The number of benzene rings is 2. The van der Waals surface area contributed by atoms with Crippen LogP contribution in [0.1, 0.15) is 23.6 Å². The van der Waals surface area contributed by atoms with Gasteiger partial charge in [0.05, 0.1) is 20.8 Å². The van der Waals surface area contributed by atoms with Gasteiger partial charge in [-0.1, -0.05) is 61.5 Å². The highest BCUT2D eigenvalue weighted by molar-refractivity contribution is 5.97. The van der Waals surface area contributed by atoms with Crippen molar-refractivity contribution in [2.45, 2.75) is 38.6 Å². The smallest absolute Gasteiger partial charge is 0.411 e. The molecule has 0 fully saturated rings. The Kier molecular flexibility index (Phi) is 9.42. The van der Waals surface area contributed by atoms with Gasteiger partial charge in [-0.2, -0.15) is 0 Å². The topological polar surface area (TPSA) is 154 Å². The molecule has 0 aromatic heterocycles. The molecule has 0 aliphatic carbocycles. The minimum Gasteiger partial charge on any atom is -0.468 e. The van der Waals surface area contributed by atoms with Gasteiger partial charge in [-0.3, -0.25) is 24.1 Å². The Morgan fingerprint density at radius 2 is 1.53 bits per heavy atom. The highest BCUT2D eigenvalue weighted by Gasteiger charge is 2.43. The fraction of sp³-hybridized carbons (Fsp3) is 0.370. The first-order valence-corrected chi connectivity index (χ1v) is 12.0. The van der Waals surface area contributed by atoms with E-state index in [9.17, 15) is 24.0 Å². The fourth-order valence-electron chi connectivity index (χ4n) is 4.43. The molecule has 11 nitrogen and oxygen atoms in total. The van der Waals surface area contributed by atoms with Crippen molar-refractivity contribution >= 4 is 29.8 Å². The van der Waals surface area contributed by atoms with Crippen molar-refractivity contribution in [2.24, 2.45) is 17.6 Å². The molecule has 1 heterocycles. The lowest BCUT2D eigenvalue weighted by Gasteiger charge is -2.36. The van der Waals surface area contributed by atoms with Gasteiger partial charge in [-0.25, -0.2) is 4.79 Å². The second-order valence-electron chi connectivity index (χ2n) is 8.93. The van der Waals surface area contributed by atoms with Crippen LogP contribution in [0.5, 0.6) is 0 Å². The van der Waals surface area contributed by atoms with E-state index in [1.54, 1.807) is 12.1 Å². The molecule has 11 heteroatoms. The lowest BCUT2D eigenvalue weighted by Crippen LogP contribution is -2.59. The number of nitrogens with zero attached hydrogens (tertiary/aromatic N) is 1. The van der Waals surface area contributed by atoms with Crippen molar-refractivity contribution in [2.75, 3.05) is 14.2 Å². The summed E-state index contributed by atoms with van der Waals surface area (Å²) in [6.45, 7) is 1.51. The molecule has 3 atom stereocenters. The summed E-state index contributed by atoms with van der Waals surface area (Å²) in [6, 6.07) is 14.0. The third-order valence-corrected chi connectivity index (χ3v) is 6.56. The van der Waals surface area contributed by atoms with E-state index in [-0.39, 0.29) is 19.6 Å². The van der Waals surface area contributed by atoms with Gasteiger partial charge in [0.2, 0.25) is 11.8 Å². The second kappa shape index (κ2) is 12.7. The Bertz CT molecular complexity index is 1170. The van der Waals surface area contributed by atoms with E-state index in [2.05, 4.69) is 14.8 Å². The SMILES string of the molecule is COC(=O)C(C(=O)OC)[C@H](C)[C@H](NC(=O)[C@@H]1Cc2ccccc2CN1C(=O)OCc1ccccc1)C(N)=O. The molecule has 0 unspecified atom stereocenters. The zero-order valence-electron chi connectivity index (χ0n) is 21.4. The molecule has 2 aromatic carbocycles. The van der Waals surface area contributed by atoms with Gasteiger partial charge < -0.3 is 25.3 Å². The number of primary amides is 1. The number of ether oxygens (including phenoxy) is 3. The molecule has 0 saturated carbocycles. The molecule has 0 saturated heterocycles. The Hall–Kier alpha value is -4.41. The van der Waals surface area contributed by atoms with Crippen molar-refractivity contribution in [1.82, 2.24) is 10.2 Å². The number of amides is 3. The van der Waals surface area contributed by atoms with Crippen LogP contribution >= 0.6 is 0 Å². The third-order valence-electron chi connectivity index (χ3n) is 6.56. The van der Waals surface area contributed by atoms with E-state index in [1.165, 1.54) is 11.8 Å². The highest BCUT2D eigenvalue weighted by Crippen LogP contribution is 2.26. The van der Waals surface area contributed by atoms with E-state index >= 15 is 0 Å². The quantitative estimate of drug-likeness (QED) is 0.282. The molecule has 1 aliphatic heterocycles. The molecule has 3 amide bonds. The number of esters is 2. The van der Waals surface area contributed by atoms with E-state index in [0.29, 0.717) is 0 Å². The molecule has 3 rings (SSSR count). The summed E-state index contributed by atoms with van der Waals surface area (Å²) in [5, 5.41) is 2.54. The van der Waals surface area contributed by atoms with E-state index < -0.39 is 53.8 Å². The first-order valence-electron chi connectivity index (χ1n) is 12.0. The molecular weight excluding hydrogens is 494 g/mol. The molecular formula is C27H31N3O8. The largest absolute Gasteiger partial charge is 0.468 e. The fourth-order valence-corrected chi connectivity index (χ4v) is 4.43. The molecule has 0 spiro atoms. The van der Waals surface area contributed by atoms with Crippen LogP contribution in [0.15, 0.2) is 54.6 Å². The average molecular weight is 526 g/mol. The summed E-state index contributed by atoms with van der Waals surface area (Å²) in [4.78, 5) is 64.8. The Balaban J connectivity index is 1.85. The van der Waals surface area contributed by atoms with Gasteiger partial charge >= 0.3 is 18.0 Å². The normalized spacial score (nSPS) is 16.0. The molecule has 2 aromatic rings. The minimum absolute atomic E-state index is 0.00699. The number of hydrogen-bond donors (Lipinski definition) is 2. The van der Waals surface area contributed by atoms with Crippen LogP contribution in [-0.4, -0.2) is 61.0 Å². The Labute approximate surface area is 220 Å². The van der Waals surface area contributed by atoms with Crippen LogP contribution in [0, 0.1) is 11.8 Å². The lowest BCUT2D eigenvalue weighted by atomic mass is 9.86. The molecule has 1 aliphatic rings. The van der Waals surface area contributed by atoms with Crippen molar-refractivity contribution in [3.63, 3.8) is 0 Å². The first-order chi connectivity index (χ1) is 18.2. The summed E-state index contributed by atoms with van der Waals surface area (Å²) in [5.74, 6) is -6.17. The molecule has 202 valence electrons. The maximum absolute atomic E-state index is 13.5. The summed E-state index contributed by atoms with van der Waals surface area (Å²) < 4.78 is 14.9. The predicted molar refractivity (Wildman–Crippen MR) is 134 cm³/mol. The van der Waals surface area contributed by atoms with Gasteiger partial charge in [-0.15, -0.1) is 0 Å². The number of methoxy groups -OCH3 is 2. The maximum Gasteiger partial charge on any atom is 0.411 e. The van der Waals surface area contributed by atoms with Crippen LogP contribution in [0.2, 0.25) is 0 Å². The zero-order valence-corrected chi connectivity index (χ0v) is 21.4. The van der Waals surface area contributed by atoms with Crippen LogP contribution in [0.25, 0.3) is 0 Å². The van der Waals surface area contributed by atoms with Crippen LogP contribution < -0.4 is 11.1 Å². The third kappa shape index (κ3) is 6.47. The standard InChI is InChI=1S/C27H31N3O8/c1-16(21(25(33)36-2)26(34)37-3)22(23(28)31)29-24(32)20-13-18-11-7-8-12-19(18)14-30(20)27(35)38-15-17-9-5-4-6-10-17/h4-12,16,20-22H,13-15H2,1-3H3,(H2,28,31)(H,29,32)/t16-,20-,22-/m0/s1. The molecule has 0 radical (unpaired) electrons. The van der Waals surface area contributed by atoms with Gasteiger partial charge in [0, 0.05) is 12.3 Å². The lowest BCUT2D eigenvalue weighted by molar-refractivity contribution is -0.162. The number of fused-ring (bicyclic) bond motifs is 1.